The van der Waals surface area contributed by atoms with Crippen LogP contribution in [0, 0.1) is 25.5 Å². The normalized spacial score (nSPS) is 12.5. The Morgan fingerprint density at radius 2 is 1.58 bits per heavy atom. The summed E-state index contributed by atoms with van der Waals surface area (Å²) in [5, 5.41) is 0.274. The number of nitrogens with two attached hydrogens (primary N) is 1. The lowest BCUT2D eigenvalue weighted by Gasteiger charge is -2.19. The van der Waals surface area contributed by atoms with Crippen LogP contribution in [0.5, 0.6) is 0 Å². The van der Waals surface area contributed by atoms with Crippen LogP contribution in [-0.2, 0) is 0 Å². The minimum atomic E-state index is -0.506. The lowest BCUT2D eigenvalue weighted by atomic mass is 9.92. The largest absolute Gasteiger partial charge is 0.320 e. The van der Waals surface area contributed by atoms with E-state index in [2.05, 4.69) is 0 Å². The second-order valence-corrected chi connectivity index (χ2v) is 5.00. The molecule has 0 aliphatic heterocycles. The molecular weight excluding hydrogens is 268 g/mol. The van der Waals surface area contributed by atoms with Gasteiger partial charge in [-0.1, -0.05) is 17.7 Å². The van der Waals surface area contributed by atoms with E-state index in [1.807, 2.05) is 0 Å². The maximum absolute atomic E-state index is 13.3. The van der Waals surface area contributed by atoms with Crippen LogP contribution in [0.2, 0.25) is 5.02 Å². The van der Waals surface area contributed by atoms with E-state index in [1.54, 1.807) is 19.9 Å². The fourth-order valence-electron chi connectivity index (χ4n) is 2.32. The molecule has 0 spiro atoms. The minimum Gasteiger partial charge on any atom is -0.320 e. The van der Waals surface area contributed by atoms with E-state index < -0.39 is 11.9 Å². The molecule has 0 saturated carbocycles. The first-order chi connectivity index (χ1) is 8.90. The van der Waals surface area contributed by atoms with Crippen molar-refractivity contribution in [2.24, 2.45) is 5.73 Å². The first-order valence-electron chi connectivity index (χ1n) is 5.87. The molecule has 0 bridgehead atoms. The molecule has 0 saturated heterocycles. The van der Waals surface area contributed by atoms with Gasteiger partial charge in [-0.05, 0) is 60.4 Å². The average Bonchev–Trinajstić information content (AvgIpc) is 2.26. The lowest BCUT2D eigenvalue weighted by Crippen LogP contribution is -2.15. The molecule has 1 nitrogen and oxygen atoms in total. The summed E-state index contributed by atoms with van der Waals surface area (Å²) in [4.78, 5) is 0. The smallest absolute Gasteiger partial charge is 0.124 e. The summed E-state index contributed by atoms with van der Waals surface area (Å²) in [6.07, 6.45) is 0. The fourth-order valence-corrected chi connectivity index (χ4v) is 2.61. The number of aryl methyl sites for hydroxylation is 2. The molecule has 0 aliphatic rings. The van der Waals surface area contributed by atoms with Crippen molar-refractivity contribution in [2.75, 3.05) is 0 Å². The van der Waals surface area contributed by atoms with E-state index in [-0.39, 0.29) is 10.8 Å². The predicted octanol–water partition coefficient (Wildman–Crippen LogP) is 4.28. The summed E-state index contributed by atoms with van der Waals surface area (Å²) < 4.78 is 26.3. The van der Waals surface area contributed by atoms with Gasteiger partial charge in [-0.2, -0.15) is 0 Å². The molecule has 0 aliphatic carbocycles. The lowest BCUT2D eigenvalue weighted by molar-refractivity contribution is 0.622. The Kier molecular flexibility index (Phi) is 3.88. The number of hydrogen-bond acceptors (Lipinski definition) is 1. The van der Waals surface area contributed by atoms with E-state index in [1.165, 1.54) is 24.3 Å². The molecule has 0 aromatic heterocycles. The zero-order chi connectivity index (χ0) is 14.2. The Labute approximate surface area is 116 Å². The van der Waals surface area contributed by atoms with Gasteiger partial charge in [0.05, 0.1) is 6.04 Å². The van der Waals surface area contributed by atoms with Gasteiger partial charge in [0.2, 0.25) is 0 Å². The zero-order valence-electron chi connectivity index (χ0n) is 10.7. The van der Waals surface area contributed by atoms with Gasteiger partial charge in [-0.25, -0.2) is 8.78 Å². The molecule has 0 radical (unpaired) electrons. The van der Waals surface area contributed by atoms with Crippen molar-refractivity contribution in [1.29, 1.82) is 0 Å². The van der Waals surface area contributed by atoms with Crippen LogP contribution in [0.15, 0.2) is 30.3 Å². The van der Waals surface area contributed by atoms with Gasteiger partial charge in [-0.15, -0.1) is 0 Å². The molecule has 0 amide bonds. The Morgan fingerprint density at radius 1 is 1.00 bits per heavy atom. The van der Waals surface area contributed by atoms with Crippen molar-refractivity contribution in [3.63, 3.8) is 0 Å². The summed E-state index contributed by atoms with van der Waals surface area (Å²) in [5.41, 5.74) is 9.14. The molecule has 4 heteroatoms. The van der Waals surface area contributed by atoms with Crippen molar-refractivity contribution in [3.05, 3.63) is 69.2 Å². The molecule has 2 N–H and O–H groups in total. The van der Waals surface area contributed by atoms with Crippen LogP contribution >= 0.6 is 11.6 Å². The van der Waals surface area contributed by atoms with Crippen molar-refractivity contribution >= 4 is 11.6 Å². The maximum Gasteiger partial charge on any atom is 0.124 e. The van der Waals surface area contributed by atoms with Gasteiger partial charge in [-0.3, -0.25) is 0 Å². The van der Waals surface area contributed by atoms with Crippen molar-refractivity contribution in [3.8, 4) is 0 Å². The SMILES string of the molecule is Cc1cc(F)cc(C)c1C(N)c1ccc(F)cc1Cl. The van der Waals surface area contributed by atoms with Gasteiger partial charge in [0.25, 0.3) is 0 Å². The number of benzene rings is 2. The molecule has 1 atom stereocenters. The van der Waals surface area contributed by atoms with Crippen LogP contribution in [-0.4, -0.2) is 0 Å². The first kappa shape index (κ1) is 14.0. The van der Waals surface area contributed by atoms with Gasteiger partial charge >= 0.3 is 0 Å². The zero-order valence-corrected chi connectivity index (χ0v) is 11.4. The van der Waals surface area contributed by atoms with Crippen LogP contribution in [0.4, 0.5) is 8.78 Å². The molecule has 2 rings (SSSR count). The monoisotopic (exact) mass is 281 g/mol. The summed E-state index contributed by atoms with van der Waals surface area (Å²) in [6.45, 7) is 3.59. The Bertz CT molecular complexity index is 603. The topological polar surface area (TPSA) is 26.0 Å². The summed E-state index contributed by atoms with van der Waals surface area (Å²) in [7, 11) is 0. The predicted molar refractivity (Wildman–Crippen MR) is 73.3 cm³/mol. The van der Waals surface area contributed by atoms with E-state index in [4.69, 9.17) is 17.3 Å². The summed E-state index contributed by atoms with van der Waals surface area (Å²) in [5.74, 6) is -0.704. The highest BCUT2D eigenvalue weighted by atomic mass is 35.5. The highest BCUT2D eigenvalue weighted by Gasteiger charge is 2.17. The van der Waals surface area contributed by atoms with Crippen molar-refractivity contribution in [2.45, 2.75) is 19.9 Å². The van der Waals surface area contributed by atoms with E-state index in [0.717, 1.165) is 16.7 Å². The second kappa shape index (κ2) is 5.27. The Morgan fingerprint density at radius 3 is 2.11 bits per heavy atom. The van der Waals surface area contributed by atoms with Crippen LogP contribution in [0.3, 0.4) is 0 Å². The van der Waals surface area contributed by atoms with Crippen molar-refractivity contribution < 1.29 is 8.78 Å². The Balaban J connectivity index is 2.53. The highest BCUT2D eigenvalue weighted by molar-refractivity contribution is 6.31. The highest BCUT2D eigenvalue weighted by Crippen LogP contribution is 2.31. The van der Waals surface area contributed by atoms with Crippen LogP contribution in [0.25, 0.3) is 0 Å². The Hall–Kier alpha value is -1.45. The van der Waals surface area contributed by atoms with Crippen LogP contribution in [0.1, 0.15) is 28.3 Å². The maximum atomic E-state index is 13.3. The average molecular weight is 282 g/mol. The van der Waals surface area contributed by atoms with Gasteiger partial charge in [0.1, 0.15) is 11.6 Å². The molecule has 0 fully saturated rings. The number of hydrogen-bond donors (Lipinski definition) is 1. The first-order valence-corrected chi connectivity index (χ1v) is 6.25. The quantitative estimate of drug-likeness (QED) is 0.873. The third kappa shape index (κ3) is 2.77. The molecular formula is C15H14ClF2N. The standard InChI is InChI=1S/C15H14ClF2N/c1-8-5-11(18)6-9(2)14(8)15(19)12-4-3-10(17)7-13(12)16/h3-7,15H,19H2,1-2H3. The molecule has 100 valence electrons. The van der Waals surface area contributed by atoms with Gasteiger partial charge < -0.3 is 5.73 Å². The van der Waals surface area contributed by atoms with Crippen molar-refractivity contribution in [1.82, 2.24) is 0 Å². The summed E-state index contributed by atoms with van der Waals surface area (Å²) >= 11 is 6.02. The van der Waals surface area contributed by atoms with E-state index in [9.17, 15) is 8.78 Å². The summed E-state index contributed by atoms with van der Waals surface area (Å²) in [6, 6.07) is 6.46. The van der Waals surface area contributed by atoms with E-state index in [0.29, 0.717) is 5.56 Å². The second-order valence-electron chi connectivity index (χ2n) is 4.60. The number of rotatable bonds is 2. The fraction of sp³-hybridized carbons (Fsp3) is 0.200. The molecule has 19 heavy (non-hydrogen) atoms. The molecule has 2 aromatic carbocycles. The third-order valence-corrected chi connectivity index (χ3v) is 3.49. The number of halogens is 3. The molecule has 0 heterocycles. The molecule has 1 unspecified atom stereocenters. The minimum absolute atomic E-state index is 0.274. The van der Waals surface area contributed by atoms with E-state index >= 15 is 0 Å². The van der Waals surface area contributed by atoms with Crippen LogP contribution < -0.4 is 5.73 Å². The van der Waals surface area contributed by atoms with Gasteiger partial charge in [0, 0.05) is 5.02 Å². The molecule has 2 aromatic rings. The van der Waals surface area contributed by atoms with Gasteiger partial charge in [0.15, 0.2) is 0 Å². The third-order valence-electron chi connectivity index (χ3n) is 3.17.